The molecule has 0 bridgehead atoms. The van der Waals surface area contributed by atoms with Crippen LogP contribution < -0.4 is 0 Å². The summed E-state index contributed by atoms with van der Waals surface area (Å²) in [5.74, 6) is 0. The summed E-state index contributed by atoms with van der Waals surface area (Å²) in [7, 11) is 0. The summed E-state index contributed by atoms with van der Waals surface area (Å²) in [5.41, 5.74) is 2.11. The highest BCUT2D eigenvalue weighted by molar-refractivity contribution is 9.10. The fraction of sp³-hybridized carbons (Fsp3) is 0.357. The van der Waals surface area contributed by atoms with Crippen LogP contribution in [-0.2, 0) is 13.0 Å². The lowest BCUT2D eigenvalue weighted by Crippen LogP contribution is -2.09. The topological polar surface area (TPSA) is 38.0 Å². The number of hydrogen-bond donors (Lipinski definition) is 1. The van der Waals surface area contributed by atoms with Crippen molar-refractivity contribution in [1.29, 1.82) is 0 Å². The number of aromatic nitrogens is 2. The van der Waals surface area contributed by atoms with E-state index in [0.717, 1.165) is 23.1 Å². The molecule has 0 aliphatic rings. The Kier molecular flexibility index (Phi) is 4.55. The largest absolute Gasteiger partial charge is 0.387 e. The maximum atomic E-state index is 10.3. The third-order valence-corrected chi connectivity index (χ3v) is 3.61. The van der Waals surface area contributed by atoms with Crippen LogP contribution in [0.5, 0.6) is 0 Å². The summed E-state index contributed by atoms with van der Waals surface area (Å²) in [6.45, 7) is 2.79. The second-order valence-electron chi connectivity index (χ2n) is 4.23. The van der Waals surface area contributed by atoms with E-state index in [-0.39, 0.29) is 0 Å². The van der Waals surface area contributed by atoms with Crippen LogP contribution in [0.4, 0.5) is 0 Å². The van der Waals surface area contributed by atoms with Crippen molar-refractivity contribution in [2.75, 3.05) is 0 Å². The summed E-state index contributed by atoms with van der Waals surface area (Å²) >= 11 is 3.44. The predicted molar refractivity (Wildman–Crippen MR) is 75.3 cm³/mol. The zero-order valence-electron chi connectivity index (χ0n) is 10.4. The average Bonchev–Trinajstić information content (AvgIpc) is 2.78. The molecule has 3 nitrogen and oxygen atoms in total. The van der Waals surface area contributed by atoms with Gasteiger partial charge >= 0.3 is 0 Å². The Balaban J connectivity index is 2.03. The Morgan fingerprint density at radius 3 is 2.72 bits per heavy atom. The van der Waals surface area contributed by atoms with Crippen LogP contribution in [0.15, 0.2) is 41.0 Å². The Labute approximate surface area is 116 Å². The highest BCUT2D eigenvalue weighted by Gasteiger charge is 2.16. The van der Waals surface area contributed by atoms with Crippen molar-refractivity contribution in [2.45, 2.75) is 32.4 Å². The molecule has 0 fully saturated rings. The van der Waals surface area contributed by atoms with Gasteiger partial charge in [-0.15, -0.1) is 0 Å². The van der Waals surface area contributed by atoms with Gasteiger partial charge in [-0.05, 0) is 41.3 Å². The Bertz CT molecular complexity index is 496. The van der Waals surface area contributed by atoms with Gasteiger partial charge in [0.25, 0.3) is 0 Å². The van der Waals surface area contributed by atoms with E-state index in [0.29, 0.717) is 6.42 Å². The first-order chi connectivity index (χ1) is 8.72. The summed E-state index contributed by atoms with van der Waals surface area (Å²) in [4.78, 5) is 0. The second-order valence-corrected chi connectivity index (χ2v) is 5.09. The van der Waals surface area contributed by atoms with Crippen molar-refractivity contribution in [2.24, 2.45) is 0 Å². The van der Waals surface area contributed by atoms with Crippen LogP contribution in [0.2, 0.25) is 0 Å². The molecule has 18 heavy (non-hydrogen) atoms. The molecule has 0 spiro atoms. The third kappa shape index (κ3) is 3.00. The number of nitrogens with zero attached hydrogens (tertiary/aromatic N) is 2. The van der Waals surface area contributed by atoms with E-state index in [9.17, 15) is 5.11 Å². The minimum Gasteiger partial charge on any atom is -0.387 e. The van der Waals surface area contributed by atoms with E-state index in [2.05, 4.69) is 33.2 Å². The van der Waals surface area contributed by atoms with Gasteiger partial charge in [-0.25, -0.2) is 0 Å². The van der Waals surface area contributed by atoms with Crippen molar-refractivity contribution in [3.63, 3.8) is 0 Å². The Hall–Kier alpha value is -1.13. The standard InChI is InChI=1S/C14H17BrN2O/c1-2-17-14(12(15)10-16-17)13(18)9-8-11-6-4-3-5-7-11/h3-7,10,13,18H,2,8-9H2,1H3. The van der Waals surface area contributed by atoms with E-state index in [1.807, 2.05) is 29.8 Å². The molecule has 1 unspecified atom stereocenters. The normalized spacial score (nSPS) is 12.6. The fourth-order valence-electron chi connectivity index (χ4n) is 2.04. The fourth-order valence-corrected chi connectivity index (χ4v) is 2.60. The van der Waals surface area contributed by atoms with Crippen LogP contribution in [0, 0.1) is 0 Å². The first-order valence-corrected chi connectivity index (χ1v) is 6.95. The minimum absolute atomic E-state index is 0.484. The molecule has 1 N–H and O–H groups in total. The van der Waals surface area contributed by atoms with Crippen LogP contribution in [0.3, 0.4) is 0 Å². The van der Waals surface area contributed by atoms with Crippen molar-refractivity contribution in [3.8, 4) is 0 Å². The molecule has 2 rings (SSSR count). The van der Waals surface area contributed by atoms with Gasteiger partial charge < -0.3 is 5.11 Å². The monoisotopic (exact) mass is 308 g/mol. The smallest absolute Gasteiger partial charge is 0.0971 e. The molecule has 0 aliphatic carbocycles. The van der Waals surface area contributed by atoms with E-state index >= 15 is 0 Å². The van der Waals surface area contributed by atoms with E-state index in [1.54, 1.807) is 6.20 Å². The molecule has 0 aliphatic heterocycles. The van der Waals surface area contributed by atoms with E-state index < -0.39 is 6.10 Å². The second kappa shape index (κ2) is 6.16. The van der Waals surface area contributed by atoms with Crippen LogP contribution in [-0.4, -0.2) is 14.9 Å². The molecule has 1 aromatic heterocycles. The van der Waals surface area contributed by atoms with Crippen molar-refractivity contribution in [3.05, 3.63) is 52.3 Å². The number of rotatable bonds is 5. The van der Waals surface area contributed by atoms with Crippen LogP contribution >= 0.6 is 15.9 Å². The van der Waals surface area contributed by atoms with Gasteiger partial charge in [0.1, 0.15) is 0 Å². The molecule has 0 saturated heterocycles. The molecule has 1 atom stereocenters. The minimum atomic E-state index is -0.484. The SMILES string of the molecule is CCn1ncc(Br)c1C(O)CCc1ccccc1. The Morgan fingerprint density at radius 2 is 2.06 bits per heavy atom. The van der Waals surface area contributed by atoms with Crippen molar-refractivity contribution >= 4 is 15.9 Å². The zero-order chi connectivity index (χ0) is 13.0. The number of aliphatic hydroxyl groups is 1. The molecular weight excluding hydrogens is 292 g/mol. The van der Waals surface area contributed by atoms with Gasteiger partial charge in [0.05, 0.1) is 22.5 Å². The number of halogens is 1. The first kappa shape index (κ1) is 13.3. The molecule has 0 amide bonds. The molecule has 1 aromatic carbocycles. The van der Waals surface area contributed by atoms with Crippen molar-refractivity contribution < 1.29 is 5.11 Å². The summed E-state index contributed by atoms with van der Waals surface area (Å²) in [6.07, 6.45) is 2.82. The molecular formula is C14H17BrN2O. The maximum Gasteiger partial charge on any atom is 0.0971 e. The lowest BCUT2D eigenvalue weighted by Gasteiger charge is -2.13. The number of benzene rings is 1. The molecule has 2 aromatic rings. The number of hydrogen-bond acceptors (Lipinski definition) is 2. The highest BCUT2D eigenvalue weighted by Crippen LogP contribution is 2.26. The van der Waals surface area contributed by atoms with Crippen LogP contribution in [0.1, 0.15) is 30.7 Å². The third-order valence-electron chi connectivity index (χ3n) is 3.00. The molecule has 4 heteroatoms. The lowest BCUT2D eigenvalue weighted by atomic mass is 10.1. The first-order valence-electron chi connectivity index (χ1n) is 6.15. The van der Waals surface area contributed by atoms with Gasteiger partial charge in [0, 0.05) is 6.54 Å². The van der Waals surface area contributed by atoms with Crippen LogP contribution in [0.25, 0.3) is 0 Å². The summed E-state index contributed by atoms with van der Waals surface area (Å²) < 4.78 is 2.71. The zero-order valence-corrected chi connectivity index (χ0v) is 12.0. The molecule has 1 heterocycles. The number of aliphatic hydroxyl groups excluding tert-OH is 1. The highest BCUT2D eigenvalue weighted by atomic mass is 79.9. The Morgan fingerprint density at radius 1 is 1.33 bits per heavy atom. The van der Waals surface area contributed by atoms with E-state index in [4.69, 9.17) is 0 Å². The van der Waals surface area contributed by atoms with Gasteiger partial charge in [-0.1, -0.05) is 30.3 Å². The average molecular weight is 309 g/mol. The molecule has 0 saturated carbocycles. The molecule has 96 valence electrons. The van der Waals surface area contributed by atoms with E-state index in [1.165, 1.54) is 5.56 Å². The lowest BCUT2D eigenvalue weighted by molar-refractivity contribution is 0.156. The van der Waals surface area contributed by atoms with Gasteiger partial charge in [-0.3, -0.25) is 4.68 Å². The van der Waals surface area contributed by atoms with Crippen molar-refractivity contribution in [1.82, 2.24) is 9.78 Å². The summed E-state index contributed by atoms with van der Waals surface area (Å²) in [6, 6.07) is 10.2. The van der Waals surface area contributed by atoms with Gasteiger partial charge in [-0.2, -0.15) is 5.10 Å². The van der Waals surface area contributed by atoms with Gasteiger partial charge in [0.15, 0.2) is 0 Å². The van der Waals surface area contributed by atoms with Gasteiger partial charge in [0.2, 0.25) is 0 Å². The molecule has 0 radical (unpaired) electrons. The quantitative estimate of drug-likeness (QED) is 0.920. The predicted octanol–water partition coefficient (Wildman–Crippen LogP) is 3.33. The number of aryl methyl sites for hydroxylation is 2. The summed E-state index contributed by atoms with van der Waals surface area (Å²) in [5, 5.41) is 14.5. The maximum absolute atomic E-state index is 10.3.